The molecule has 0 fully saturated rings. The Kier molecular flexibility index (Phi) is 3.86. The fourth-order valence-corrected chi connectivity index (χ4v) is 1.33. The minimum absolute atomic E-state index is 0.185. The van der Waals surface area contributed by atoms with Crippen LogP contribution in [0.2, 0.25) is 5.02 Å². The lowest BCUT2D eigenvalue weighted by molar-refractivity contribution is -0.137. The average Bonchev–Trinajstić information content (AvgIpc) is 2.21. The Hall–Kier alpha value is -1.35. The first-order chi connectivity index (χ1) is 7.07. The molecule has 0 saturated heterocycles. The van der Waals surface area contributed by atoms with Crippen LogP contribution in [0.15, 0.2) is 18.2 Å². The number of esters is 1. The summed E-state index contributed by atoms with van der Waals surface area (Å²) in [5.41, 5.74) is 0.887. The molecule has 15 heavy (non-hydrogen) atoms. The van der Waals surface area contributed by atoms with Crippen LogP contribution in [0, 0.1) is 6.92 Å². The van der Waals surface area contributed by atoms with Crippen LogP contribution in [0.5, 0.6) is 0 Å². The minimum Gasteiger partial charge on any atom is -0.460 e. The summed E-state index contributed by atoms with van der Waals surface area (Å²) in [6, 6.07) is 4.85. The highest BCUT2D eigenvalue weighted by Gasteiger charge is 2.19. The van der Waals surface area contributed by atoms with Crippen molar-refractivity contribution in [1.82, 2.24) is 0 Å². The van der Waals surface area contributed by atoms with Crippen molar-refractivity contribution in [2.45, 2.75) is 13.8 Å². The second-order valence-electron chi connectivity index (χ2n) is 2.96. The van der Waals surface area contributed by atoms with Crippen molar-refractivity contribution in [1.29, 1.82) is 0 Å². The van der Waals surface area contributed by atoms with Crippen LogP contribution in [0.3, 0.4) is 0 Å². The predicted molar refractivity (Wildman–Crippen MR) is 57.2 cm³/mol. The number of hydrogen-bond acceptors (Lipinski definition) is 3. The molecule has 0 atom stereocenters. The third kappa shape index (κ3) is 2.57. The van der Waals surface area contributed by atoms with Gasteiger partial charge in [0.2, 0.25) is 0 Å². The number of ketones is 1. The van der Waals surface area contributed by atoms with E-state index in [0.717, 1.165) is 0 Å². The van der Waals surface area contributed by atoms with Gasteiger partial charge in [-0.25, -0.2) is 4.79 Å². The molecule has 1 rings (SSSR count). The minimum atomic E-state index is -0.845. The fourth-order valence-electron chi connectivity index (χ4n) is 1.16. The summed E-state index contributed by atoms with van der Waals surface area (Å²) in [4.78, 5) is 22.8. The van der Waals surface area contributed by atoms with Crippen LogP contribution in [0.1, 0.15) is 22.8 Å². The molecule has 0 amide bonds. The van der Waals surface area contributed by atoms with Gasteiger partial charge in [-0.15, -0.1) is 0 Å². The molecule has 0 aromatic heterocycles. The summed E-state index contributed by atoms with van der Waals surface area (Å²) in [5, 5.41) is 0.463. The lowest BCUT2D eigenvalue weighted by Gasteiger charge is -2.05. The van der Waals surface area contributed by atoms with E-state index in [0.29, 0.717) is 16.1 Å². The summed E-state index contributed by atoms with van der Waals surface area (Å²) in [5.74, 6) is -1.50. The number of carbonyl (C=O) groups is 2. The monoisotopic (exact) mass is 226 g/mol. The molecule has 80 valence electrons. The molecule has 4 heteroatoms. The molecule has 0 radical (unpaired) electrons. The number of ether oxygens (including phenoxy) is 1. The smallest absolute Gasteiger partial charge is 0.379 e. The third-order valence-electron chi connectivity index (χ3n) is 1.97. The maximum atomic E-state index is 11.6. The van der Waals surface area contributed by atoms with Gasteiger partial charge in [0.25, 0.3) is 5.78 Å². The van der Waals surface area contributed by atoms with E-state index >= 15 is 0 Å². The van der Waals surface area contributed by atoms with Gasteiger partial charge >= 0.3 is 5.97 Å². The van der Waals surface area contributed by atoms with Gasteiger partial charge in [-0.1, -0.05) is 23.7 Å². The maximum absolute atomic E-state index is 11.6. The van der Waals surface area contributed by atoms with E-state index in [1.54, 1.807) is 32.0 Å². The van der Waals surface area contributed by atoms with Gasteiger partial charge < -0.3 is 4.74 Å². The molecule has 0 unspecified atom stereocenters. The van der Waals surface area contributed by atoms with Crippen LogP contribution < -0.4 is 0 Å². The lowest BCUT2D eigenvalue weighted by Crippen LogP contribution is -2.18. The van der Waals surface area contributed by atoms with Crippen LogP contribution >= 0.6 is 11.6 Å². The Balaban J connectivity index is 3.01. The number of Topliss-reactive ketones (excluding diaryl/α,β-unsaturated/α-hetero) is 1. The quantitative estimate of drug-likeness (QED) is 0.452. The Bertz CT molecular complexity index is 399. The van der Waals surface area contributed by atoms with Crippen molar-refractivity contribution in [3.05, 3.63) is 34.3 Å². The number of rotatable bonds is 3. The molecular weight excluding hydrogens is 216 g/mol. The number of benzene rings is 1. The Morgan fingerprint density at radius 3 is 2.67 bits per heavy atom. The van der Waals surface area contributed by atoms with E-state index < -0.39 is 11.8 Å². The van der Waals surface area contributed by atoms with Gasteiger partial charge in [-0.2, -0.15) is 0 Å². The van der Waals surface area contributed by atoms with Crippen molar-refractivity contribution < 1.29 is 14.3 Å². The topological polar surface area (TPSA) is 43.4 Å². The van der Waals surface area contributed by atoms with Gasteiger partial charge in [0.15, 0.2) is 0 Å². The van der Waals surface area contributed by atoms with Gasteiger partial charge in [0.05, 0.1) is 6.61 Å². The second-order valence-corrected chi connectivity index (χ2v) is 3.37. The molecule has 0 spiro atoms. The Morgan fingerprint density at radius 2 is 2.07 bits per heavy atom. The van der Waals surface area contributed by atoms with E-state index in [2.05, 4.69) is 4.74 Å². The van der Waals surface area contributed by atoms with Crippen molar-refractivity contribution >= 4 is 23.4 Å². The fraction of sp³-hybridized carbons (Fsp3) is 0.273. The van der Waals surface area contributed by atoms with Crippen molar-refractivity contribution in [2.75, 3.05) is 6.61 Å². The van der Waals surface area contributed by atoms with Gasteiger partial charge in [0, 0.05) is 10.6 Å². The first-order valence-electron chi connectivity index (χ1n) is 4.54. The Morgan fingerprint density at radius 1 is 1.40 bits per heavy atom. The van der Waals surface area contributed by atoms with Crippen LogP contribution in [0.4, 0.5) is 0 Å². The molecule has 0 aliphatic rings. The van der Waals surface area contributed by atoms with E-state index in [1.165, 1.54) is 0 Å². The SMILES string of the molecule is CCOC(=O)C(=O)c1cccc(Cl)c1C. The van der Waals surface area contributed by atoms with Gasteiger partial charge in [-0.05, 0) is 25.5 Å². The largest absolute Gasteiger partial charge is 0.460 e. The van der Waals surface area contributed by atoms with Gasteiger partial charge in [0.1, 0.15) is 0 Å². The zero-order valence-electron chi connectivity index (χ0n) is 8.54. The summed E-state index contributed by atoms with van der Waals surface area (Å²) in [6.45, 7) is 3.52. The summed E-state index contributed by atoms with van der Waals surface area (Å²) in [6.07, 6.45) is 0. The maximum Gasteiger partial charge on any atom is 0.379 e. The van der Waals surface area contributed by atoms with Crippen molar-refractivity contribution in [3.8, 4) is 0 Å². The number of carbonyl (C=O) groups excluding carboxylic acids is 2. The summed E-state index contributed by atoms with van der Waals surface area (Å²) < 4.78 is 4.62. The molecule has 0 saturated carbocycles. The van der Waals surface area contributed by atoms with E-state index in [4.69, 9.17) is 11.6 Å². The van der Waals surface area contributed by atoms with Crippen LogP contribution in [-0.4, -0.2) is 18.4 Å². The van der Waals surface area contributed by atoms with E-state index in [9.17, 15) is 9.59 Å². The van der Waals surface area contributed by atoms with E-state index in [-0.39, 0.29) is 6.61 Å². The standard InChI is InChI=1S/C11H11ClO3/c1-3-15-11(14)10(13)8-5-4-6-9(12)7(8)2/h4-6H,3H2,1-2H3. The Labute approximate surface area is 93.0 Å². The molecule has 0 N–H and O–H groups in total. The molecule has 1 aromatic carbocycles. The van der Waals surface area contributed by atoms with Crippen LogP contribution in [-0.2, 0) is 9.53 Å². The highest BCUT2D eigenvalue weighted by Crippen LogP contribution is 2.19. The molecular formula is C11H11ClO3. The summed E-state index contributed by atoms with van der Waals surface area (Å²) >= 11 is 5.84. The number of hydrogen-bond donors (Lipinski definition) is 0. The molecule has 0 aliphatic carbocycles. The third-order valence-corrected chi connectivity index (χ3v) is 2.38. The molecule has 0 aliphatic heterocycles. The zero-order valence-corrected chi connectivity index (χ0v) is 9.30. The lowest BCUT2D eigenvalue weighted by atomic mass is 10.1. The highest BCUT2D eigenvalue weighted by atomic mass is 35.5. The van der Waals surface area contributed by atoms with Crippen molar-refractivity contribution in [3.63, 3.8) is 0 Å². The molecule has 1 aromatic rings. The van der Waals surface area contributed by atoms with Crippen LogP contribution in [0.25, 0.3) is 0 Å². The molecule has 0 heterocycles. The number of halogens is 1. The van der Waals surface area contributed by atoms with E-state index in [1.807, 2.05) is 0 Å². The second kappa shape index (κ2) is 4.94. The first-order valence-corrected chi connectivity index (χ1v) is 4.92. The van der Waals surface area contributed by atoms with Crippen molar-refractivity contribution in [2.24, 2.45) is 0 Å². The molecule has 0 bridgehead atoms. The predicted octanol–water partition coefficient (Wildman–Crippen LogP) is 2.39. The molecule has 3 nitrogen and oxygen atoms in total. The zero-order chi connectivity index (χ0) is 11.4. The van der Waals surface area contributed by atoms with Gasteiger partial charge in [-0.3, -0.25) is 4.79 Å². The summed E-state index contributed by atoms with van der Waals surface area (Å²) in [7, 11) is 0. The normalized spacial score (nSPS) is 9.80. The highest BCUT2D eigenvalue weighted by molar-refractivity contribution is 6.42. The first kappa shape index (κ1) is 11.7. The average molecular weight is 227 g/mol.